The van der Waals surface area contributed by atoms with Crippen LogP contribution in [0.15, 0.2) is 0 Å². The van der Waals surface area contributed by atoms with Crippen LogP contribution in [-0.4, -0.2) is 57.5 Å². The van der Waals surface area contributed by atoms with Crippen molar-refractivity contribution in [2.75, 3.05) is 46.4 Å². The molecule has 18 heavy (non-hydrogen) atoms. The molecule has 108 valence electrons. The molecule has 0 aromatic rings. The molecule has 1 heterocycles. The third-order valence-corrected chi connectivity index (χ3v) is 3.26. The first-order valence-electron chi connectivity index (χ1n) is 6.51. The molecule has 0 radical (unpaired) electrons. The molecule has 1 N–H and O–H groups in total. The second kappa shape index (κ2) is 7.96. The number of hydrogen-bond acceptors (Lipinski definition) is 3. The Morgan fingerprint density at radius 3 is 2.50 bits per heavy atom. The number of alkyl halides is 3. The highest BCUT2D eigenvalue weighted by Crippen LogP contribution is 2.18. The van der Waals surface area contributed by atoms with Crippen LogP contribution in [-0.2, 0) is 4.74 Å². The number of nitrogens with zero attached hydrogens (tertiary/aromatic N) is 1. The standard InChI is InChI=1S/C12H23F3N2O/c1-17-7-3-11(4-8-17)2-5-16-6-9-18-10-12(13,14)15/h11,16H,2-10H2,1H3. The van der Waals surface area contributed by atoms with E-state index in [9.17, 15) is 13.2 Å². The van der Waals surface area contributed by atoms with Crippen molar-refractivity contribution in [2.24, 2.45) is 5.92 Å². The molecular formula is C12H23F3N2O. The van der Waals surface area contributed by atoms with Crippen LogP contribution in [0, 0.1) is 5.92 Å². The topological polar surface area (TPSA) is 24.5 Å². The van der Waals surface area contributed by atoms with E-state index < -0.39 is 12.8 Å². The van der Waals surface area contributed by atoms with E-state index in [4.69, 9.17) is 0 Å². The molecule has 1 rings (SSSR count). The summed E-state index contributed by atoms with van der Waals surface area (Å²) in [5.41, 5.74) is 0. The zero-order valence-electron chi connectivity index (χ0n) is 10.9. The normalized spacial score (nSPS) is 19.3. The van der Waals surface area contributed by atoms with Crippen LogP contribution >= 0.6 is 0 Å². The Hall–Kier alpha value is -0.330. The van der Waals surface area contributed by atoms with Gasteiger partial charge in [-0.05, 0) is 51.9 Å². The molecule has 1 saturated heterocycles. The summed E-state index contributed by atoms with van der Waals surface area (Å²) in [6.07, 6.45) is -0.660. The molecule has 0 bridgehead atoms. The summed E-state index contributed by atoms with van der Waals surface area (Å²) in [7, 11) is 2.13. The van der Waals surface area contributed by atoms with Gasteiger partial charge in [0.25, 0.3) is 0 Å². The first kappa shape index (κ1) is 15.7. The van der Waals surface area contributed by atoms with E-state index in [0.29, 0.717) is 6.54 Å². The van der Waals surface area contributed by atoms with Gasteiger partial charge >= 0.3 is 6.18 Å². The fraction of sp³-hybridized carbons (Fsp3) is 1.00. The van der Waals surface area contributed by atoms with E-state index in [1.807, 2.05) is 0 Å². The summed E-state index contributed by atoms with van der Waals surface area (Å²) in [6, 6.07) is 0. The summed E-state index contributed by atoms with van der Waals surface area (Å²) >= 11 is 0. The van der Waals surface area contributed by atoms with Gasteiger partial charge in [0.15, 0.2) is 0 Å². The molecular weight excluding hydrogens is 245 g/mol. The lowest BCUT2D eigenvalue weighted by Gasteiger charge is -2.28. The number of rotatable bonds is 7. The van der Waals surface area contributed by atoms with Gasteiger partial charge in [-0.15, -0.1) is 0 Å². The molecule has 0 atom stereocenters. The summed E-state index contributed by atoms with van der Waals surface area (Å²) in [5, 5.41) is 3.12. The number of hydrogen-bond donors (Lipinski definition) is 1. The van der Waals surface area contributed by atoms with E-state index in [0.717, 1.165) is 32.0 Å². The number of nitrogens with one attached hydrogen (secondary N) is 1. The van der Waals surface area contributed by atoms with Gasteiger partial charge in [0, 0.05) is 6.54 Å². The predicted octanol–water partition coefficient (Wildman–Crippen LogP) is 1.89. The smallest absolute Gasteiger partial charge is 0.371 e. The van der Waals surface area contributed by atoms with Gasteiger partial charge < -0.3 is 15.0 Å². The molecule has 6 heteroatoms. The average molecular weight is 268 g/mol. The second-order valence-electron chi connectivity index (χ2n) is 4.95. The van der Waals surface area contributed by atoms with Gasteiger partial charge in [-0.2, -0.15) is 13.2 Å². The van der Waals surface area contributed by atoms with E-state index >= 15 is 0 Å². The first-order valence-corrected chi connectivity index (χ1v) is 6.51. The molecule has 1 fully saturated rings. The Labute approximate surface area is 107 Å². The Morgan fingerprint density at radius 1 is 1.22 bits per heavy atom. The quantitative estimate of drug-likeness (QED) is 0.714. The summed E-state index contributed by atoms with van der Waals surface area (Å²) in [4.78, 5) is 2.33. The highest BCUT2D eigenvalue weighted by molar-refractivity contribution is 4.70. The predicted molar refractivity (Wildman–Crippen MR) is 64.6 cm³/mol. The van der Waals surface area contributed by atoms with Crippen LogP contribution in [0.25, 0.3) is 0 Å². The molecule has 0 saturated carbocycles. The molecule has 0 unspecified atom stereocenters. The number of ether oxygens (including phenoxy) is 1. The molecule has 1 aliphatic heterocycles. The third kappa shape index (κ3) is 7.89. The van der Waals surface area contributed by atoms with E-state index in [1.165, 1.54) is 12.8 Å². The van der Waals surface area contributed by atoms with E-state index in [1.54, 1.807) is 0 Å². The SMILES string of the molecule is CN1CCC(CCNCCOCC(F)(F)F)CC1. The van der Waals surface area contributed by atoms with Gasteiger partial charge in [-0.1, -0.05) is 0 Å². The van der Waals surface area contributed by atoms with Crippen molar-refractivity contribution in [3.8, 4) is 0 Å². The maximum Gasteiger partial charge on any atom is 0.411 e. The Kier molecular flexibility index (Phi) is 6.96. The van der Waals surface area contributed by atoms with Crippen LogP contribution in [0.5, 0.6) is 0 Å². The van der Waals surface area contributed by atoms with Crippen LogP contribution in [0.1, 0.15) is 19.3 Å². The lowest BCUT2D eigenvalue weighted by atomic mass is 9.94. The highest BCUT2D eigenvalue weighted by Gasteiger charge is 2.27. The highest BCUT2D eigenvalue weighted by atomic mass is 19.4. The van der Waals surface area contributed by atoms with Crippen molar-refractivity contribution < 1.29 is 17.9 Å². The summed E-state index contributed by atoms with van der Waals surface area (Å²) in [6.45, 7) is 2.63. The fourth-order valence-corrected chi connectivity index (χ4v) is 2.11. The van der Waals surface area contributed by atoms with Gasteiger partial charge in [-0.25, -0.2) is 0 Å². The Morgan fingerprint density at radius 2 is 1.89 bits per heavy atom. The van der Waals surface area contributed by atoms with Crippen molar-refractivity contribution in [1.29, 1.82) is 0 Å². The van der Waals surface area contributed by atoms with Crippen LogP contribution < -0.4 is 5.32 Å². The minimum atomic E-state index is -4.21. The zero-order chi connectivity index (χ0) is 13.4. The van der Waals surface area contributed by atoms with E-state index in [2.05, 4.69) is 22.0 Å². The van der Waals surface area contributed by atoms with Crippen molar-refractivity contribution in [2.45, 2.75) is 25.4 Å². The van der Waals surface area contributed by atoms with Gasteiger partial charge in [-0.3, -0.25) is 0 Å². The van der Waals surface area contributed by atoms with Crippen molar-refractivity contribution in [1.82, 2.24) is 10.2 Å². The molecule has 0 aromatic carbocycles. The molecule has 3 nitrogen and oxygen atoms in total. The number of piperidine rings is 1. The lowest BCUT2D eigenvalue weighted by Crippen LogP contribution is -2.32. The fourth-order valence-electron chi connectivity index (χ4n) is 2.11. The van der Waals surface area contributed by atoms with Crippen molar-refractivity contribution >= 4 is 0 Å². The molecule has 1 aliphatic rings. The van der Waals surface area contributed by atoms with Gasteiger partial charge in [0.05, 0.1) is 6.61 Å². The minimum Gasteiger partial charge on any atom is -0.371 e. The number of halogens is 3. The monoisotopic (exact) mass is 268 g/mol. The molecule has 0 spiro atoms. The van der Waals surface area contributed by atoms with Crippen molar-refractivity contribution in [3.63, 3.8) is 0 Å². The maximum atomic E-state index is 11.8. The third-order valence-electron chi connectivity index (χ3n) is 3.26. The number of likely N-dealkylation sites (tertiary alicyclic amines) is 1. The molecule has 0 aromatic heterocycles. The first-order chi connectivity index (χ1) is 8.47. The zero-order valence-corrected chi connectivity index (χ0v) is 10.9. The summed E-state index contributed by atoms with van der Waals surface area (Å²) < 4.78 is 39.8. The molecule has 0 aliphatic carbocycles. The lowest BCUT2D eigenvalue weighted by molar-refractivity contribution is -0.173. The van der Waals surface area contributed by atoms with Gasteiger partial charge in [0.1, 0.15) is 6.61 Å². The Bertz CT molecular complexity index is 216. The van der Waals surface area contributed by atoms with Crippen LogP contribution in [0.3, 0.4) is 0 Å². The van der Waals surface area contributed by atoms with Crippen molar-refractivity contribution in [3.05, 3.63) is 0 Å². The second-order valence-corrected chi connectivity index (χ2v) is 4.95. The molecule has 0 amide bonds. The minimum absolute atomic E-state index is 0.118. The van der Waals surface area contributed by atoms with E-state index in [-0.39, 0.29) is 6.61 Å². The van der Waals surface area contributed by atoms with Crippen LogP contribution in [0.2, 0.25) is 0 Å². The Balaban J connectivity index is 1.87. The average Bonchev–Trinajstić information content (AvgIpc) is 2.29. The largest absolute Gasteiger partial charge is 0.411 e. The summed E-state index contributed by atoms with van der Waals surface area (Å²) in [5.74, 6) is 0.754. The van der Waals surface area contributed by atoms with Gasteiger partial charge in [0.2, 0.25) is 0 Å². The van der Waals surface area contributed by atoms with Crippen LogP contribution in [0.4, 0.5) is 13.2 Å². The maximum absolute atomic E-state index is 11.8.